The summed E-state index contributed by atoms with van der Waals surface area (Å²) in [5.74, 6) is -2.74. The predicted octanol–water partition coefficient (Wildman–Crippen LogP) is 0.208. The van der Waals surface area contributed by atoms with Crippen LogP contribution in [0, 0.1) is 11.8 Å². The SMILES string of the molecule is CC1CC(=O)N(C(C)(C)C(N)=O)C(C)C1C(=O)O. The first-order valence-electron chi connectivity index (χ1n) is 5.95. The molecule has 1 aliphatic rings. The number of hydrogen-bond donors (Lipinski definition) is 2. The van der Waals surface area contributed by atoms with E-state index in [1.54, 1.807) is 27.7 Å². The zero-order valence-corrected chi connectivity index (χ0v) is 11.1. The number of nitrogens with two attached hydrogens (primary N) is 1. The van der Waals surface area contributed by atoms with Crippen molar-refractivity contribution in [3.05, 3.63) is 0 Å². The summed E-state index contributed by atoms with van der Waals surface area (Å²) in [6.45, 7) is 6.47. The summed E-state index contributed by atoms with van der Waals surface area (Å²) in [6.07, 6.45) is 0.123. The van der Waals surface area contributed by atoms with Crippen molar-refractivity contribution in [3.8, 4) is 0 Å². The molecule has 3 N–H and O–H groups in total. The van der Waals surface area contributed by atoms with E-state index >= 15 is 0 Å². The number of amides is 2. The number of nitrogens with zero attached hydrogens (tertiary/aromatic N) is 1. The van der Waals surface area contributed by atoms with Crippen LogP contribution in [0.5, 0.6) is 0 Å². The Hall–Kier alpha value is -1.59. The molecule has 1 heterocycles. The quantitative estimate of drug-likeness (QED) is 0.753. The van der Waals surface area contributed by atoms with Gasteiger partial charge in [0.2, 0.25) is 11.8 Å². The number of rotatable bonds is 3. The van der Waals surface area contributed by atoms with Crippen molar-refractivity contribution in [2.24, 2.45) is 17.6 Å². The highest BCUT2D eigenvalue weighted by Crippen LogP contribution is 2.34. The molecule has 6 nitrogen and oxygen atoms in total. The van der Waals surface area contributed by atoms with Gasteiger partial charge in [-0.2, -0.15) is 0 Å². The molecule has 0 aromatic heterocycles. The monoisotopic (exact) mass is 256 g/mol. The fraction of sp³-hybridized carbons (Fsp3) is 0.750. The van der Waals surface area contributed by atoms with Crippen LogP contribution in [0.3, 0.4) is 0 Å². The Balaban J connectivity index is 3.15. The Bertz CT molecular complexity index is 392. The van der Waals surface area contributed by atoms with Gasteiger partial charge in [-0.3, -0.25) is 14.4 Å². The number of primary amides is 1. The second kappa shape index (κ2) is 4.59. The van der Waals surface area contributed by atoms with Crippen LogP contribution in [0.15, 0.2) is 0 Å². The van der Waals surface area contributed by atoms with Gasteiger partial charge in [0.1, 0.15) is 5.54 Å². The van der Waals surface area contributed by atoms with E-state index in [-0.39, 0.29) is 18.2 Å². The van der Waals surface area contributed by atoms with Crippen LogP contribution in [-0.4, -0.2) is 39.4 Å². The summed E-state index contributed by atoms with van der Waals surface area (Å²) >= 11 is 0. The van der Waals surface area contributed by atoms with E-state index in [1.165, 1.54) is 4.90 Å². The topological polar surface area (TPSA) is 101 Å². The number of likely N-dealkylation sites (tertiary alicyclic amines) is 1. The van der Waals surface area contributed by atoms with Gasteiger partial charge in [-0.15, -0.1) is 0 Å². The summed E-state index contributed by atoms with van der Waals surface area (Å²) in [7, 11) is 0. The molecule has 3 atom stereocenters. The Labute approximate surface area is 106 Å². The molecule has 1 aliphatic heterocycles. The number of carboxylic acids is 1. The summed E-state index contributed by atoms with van der Waals surface area (Å²) in [5.41, 5.74) is 4.13. The summed E-state index contributed by atoms with van der Waals surface area (Å²) < 4.78 is 0. The molecule has 102 valence electrons. The molecule has 6 heteroatoms. The number of carbonyl (C=O) groups is 3. The second-order valence-corrected chi connectivity index (χ2v) is 5.47. The van der Waals surface area contributed by atoms with E-state index in [9.17, 15) is 19.5 Å². The van der Waals surface area contributed by atoms with Crippen LogP contribution in [-0.2, 0) is 14.4 Å². The minimum atomic E-state index is -1.18. The molecule has 3 unspecified atom stereocenters. The fourth-order valence-corrected chi connectivity index (χ4v) is 2.75. The van der Waals surface area contributed by atoms with Gasteiger partial charge < -0.3 is 15.7 Å². The number of hydrogen-bond acceptors (Lipinski definition) is 3. The highest BCUT2D eigenvalue weighted by atomic mass is 16.4. The Kier molecular flexibility index (Phi) is 3.69. The van der Waals surface area contributed by atoms with Gasteiger partial charge >= 0.3 is 5.97 Å². The standard InChI is InChI=1S/C12H20N2O4/c1-6-5-8(15)14(12(3,4)11(13)18)7(2)9(6)10(16)17/h6-7,9H,5H2,1-4H3,(H2,13,18)(H,16,17). The molecule has 0 aromatic carbocycles. The average Bonchev–Trinajstić information content (AvgIpc) is 2.14. The van der Waals surface area contributed by atoms with Crippen molar-refractivity contribution in [2.45, 2.75) is 45.7 Å². The first-order chi connectivity index (χ1) is 8.10. The van der Waals surface area contributed by atoms with Crippen LogP contribution in [0.4, 0.5) is 0 Å². The van der Waals surface area contributed by atoms with E-state index in [0.29, 0.717) is 0 Å². The lowest BCUT2D eigenvalue weighted by molar-refractivity contribution is -0.163. The summed E-state index contributed by atoms with van der Waals surface area (Å²) in [4.78, 5) is 36.1. The van der Waals surface area contributed by atoms with Gasteiger partial charge in [0.15, 0.2) is 0 Å². The van der Waals surface area contributed by atoms with Gasteiger partial charge in [-0.25, -0.2) is 0 Å². The molecular weight excluding hydrogens is 236 g/mol. The van der Waals surface area contributed by atoms with Gasteiger partial charge in [0.25, 0.3) is 0 Å². The largest absolute Gasteiger partial charge is 0.481 e. The zero-order valence-electron chi connectivity index (χ0n) is 11.1. The van der Waals surface area contributed by atoms with Gasteiger partial charge in [-0.05, 0) is 26.7 Å². The van der Waals surface area contributed by atoms with Crippen molar-refractivity contribution in [1.82, 2.24) is 4.90 Å². The lowest BCUT2D eigenvalue weighted by Crippen LogP contribution is -2.64. The average molecular weight is 256 g/mol. The van der Waals surface area contributed by atoms with Crippen LogP contribution in [0.25, 0.3) is 0 Å². The maximum absolute atomic E-state index is 12.1. The molecule has 0 spiro atoms. The maximum atomic E-state index is 12.1. The number of aliphatic carboxylic acids is 1. The van der Waals surface area contributed by atoms with Crippen molar-refractivity contribution in [2.75, 3.05) is 0 Å². The predicted molar refractivity (Wildman–Crippen MR) is 64.5 cm³/mol. The van der Waals surface area contributed by atoms with E-state index < -0.39 is 29.4 Å². The summed E-state index contributed by atoms with van der Waals surface area (Å²) in [5, 5.41) is 9.23. The van der Waals surface area contributed by atoms with E-state index in [4.69, 9.17) is 5.73 Å². The van der Waals surface area contributed by atoms with Crippen molar-refractivity contribution >= 4 is 17.8 Å². The van der Waals surface area contributed by atoms with Crippen LogP contribution in [0.1, 0.15) is 34.1 Å². The third-order valence-corrected chi connectivity index (χ3v) is 3.80. The zero-order chi connectivity index (χ0) is 14.2. The molecule has 1 rings (SSSR count). The molecule has 1 fully saturated rings. The highest BCUT2D eigenvalue weighted by molar-refractivity contribution is 5.91. The second-order valence-electron chi connectivity index (χ2n) is 5.47. The van der Waals surface area contributed by atoms with Gasteiger partial charge in [0.05, 0.1) is 5.92 Å². The Morgan fingerprint density at radius 1 is 1.39 bits per heavy atom. The smallest absolute Gasteiger partial charge is 0.308 e. The summed E-state index contributed by atoms with van der Waals surface area (Å²) in [6, 6.07) is -0.554. The van der Waals surface area contributed by atoms with Crippen LogP contribution in [0.2, 0.25) is 0 Å². The van der Waals surface area contributed by atoms with Crippen molar-refractivity contribution in [1.29, 1.82) is 0 Å². The van der Waals surface area contributed by atoms with Crippen LogP contribution < -0.4 is 5.73 Å². The third-order valence-electron chi connectivity index (χ3n) is 3.80. The third kappa shape index (κ3) is 2.19. The fourth-order valence-electron chi connectivity index (χ4n) is 2.75. The molecule has 2 amide bonds. The molecule has 0 saturated carbocycles. The minimum absolute atomic E-state index is 0.123. The normalized spacial score (nSPS) is 29.2. The molecular formula is C12H20N2O4. The molecule has 0 bridgehead atoms. The van der Waals surface area contributed by atoms with E-state index in [2.05, 4.69) is 0 Å². The number of carboxylic acid groups (broad SMARTS) is 1. The maximum Gasteiger partial charge on any atom is 0.308 e. The van der Waals surface area contributed by atoms with Crippen molar-refractivity contribution < 1.29 is 19.5 Å². The lowest BCUT2D eigenvalue weighted by atomic mass is 9.78. The van der Waals surface area contributed by atoms with Gasteiger partial charge in [0, 0.05) is 12.5 Å². The van der Waals surface area contributed by atoms with E-state index in [1.807, 2.05) is 0 Å². The molecule has 18 heavy (non-hydrogen) atoms. The first kappa shape index (κ1) is 14.5. The lowest BCUT2D eigenvalue weighted by Gasteiger charge is -2.47. The Morgan fingerprint density at radius 3 is 2.28 bits per heavy atom. The highest BCUT2D eigenvalue weighted by Gasteiger charge is 2.48. The molecule has 0 aliphatic carbocycles. The molecule has 0 radical (unpaired) electrons. The van der Waals surface area contributed by atoms with Crippen LogP contribution >= 0.6 is 0 Å². The van der Waals surface area contributed by atoms with Crippen molar-refractivity contribution in [3.63, 3.8) is 0 Å². The molecule has 1 saturated heterocycles. The first-order valence-corrected chi connectivity index (χ1v) is 5.95. The molecule has 0 aromatic rings. The van der Waals surface area contributed by atoms with Gasteiger partial charge in [-0.1, -0.05) is 6.92 Å². The number of carbonyl (C=O) groups excluding carboxylic acids is 2. The minimum Gasteiger partial charge on any atom is -0.481 e. The Morgan fingerprint density at radius 2 is 1.89 bits per heavy atom. The number of piperidine rings is 1. The van der Waals surface area contributed by atoms with E-state index in [0.717, 1.165) is 0 Å².